The van der Waals surface area contributed by atoms with Gasteiger partial charge in [-0.15, -0.1) is 0 Å². The molecule has 1 aliphatic rings. The summed E-state index contributed by atoms with van der Waals surface area (Å²) in [5.74, 6) is -1.75. The number of nitrogens with zero attached hydrogens (tertiary/aromatic N) is 2. The summed E-state index contributed by atoms with van der Waals surface area (Å²) in [6.07, 6.45) is 1.35. The molecule has 39 heavy (non-hydrogen) atoms. The van der Waals surface area contributed by atoms with Crippen LogP contribution >= 0.6 is 11.6 Å². The van der Waals surface area contributed by atoms with Crippen LogP contribution in [0.4, 0.5) is 20.6 Å². The number of benzene rings is 3. The van der Waals surface area contributed by atoms with Crippen LogP contribution in [0.1, 0.15) is 11.1 Å². The zero-order valence-electron chi connectivity index (χ0n) is 20.3. The van der Waals surface area contributed by atoms with Gasteiger partial charge in [0.15, 0.2) is 11.5 Å². The first-order chi connectivity index (χ1) is 18.7. The van der Waals surface area contributed by atoms with Crippen molar-refractivity contribution in [2.24, 2.45) is 0 Å². The number of anilines is 1. The Hall–Kier alpha value is -4.97. The number of methoxy groups -OCH3 is 1. The topological polar surface area (TPSA) is 140 Å². The number of hydrogen-bond acceptors (Lipinski definition) is 7. The smallest absolute Gasteiger partial charge is 0.329 e. The zero-order chi connectivity index (χ0) is 28.1. The van der Waals surface area contributed by atoms with Gasteiger partial charge in [-0.25, -0.2) is 14.1 Å². The van der Waals surface area contributed by atoms with E-state index in [1.807, 2.05) is 0 Å². The number of halogens is 2. The van der Waals surface area contributed by atoms with Crippen LogP contribution in [0.2, 0.25) is 5.02 Å². The van der Waals surface area contributed by atoms with Gasteiger partial charge in [0, 0.05) is 12.1 Å². The molecule has 1 fully saturated rings. The zero-order valence-corrected chi connectivity index (χ0v) is 21.0. The summed E-state index contributed by atoms with van der Waals surface area (Å²) in [4.78, 5) is 48.4. The highest BCUT2D eigenvalue weighted by Gasteiger charge is 2.35. The fraction of sp³-hybridized carbons (Fsp3) is 0.115. The largest absolute Gasteiger partial charge is 0.493 e. The average molecular weight is 555 g/mol. The number of para-hydroxylation sites is 1. The van der Waals surface area contributed by atoms with E-state index in [4.69, 9.17) is 21.1 Å². The van der Waals surface area contributed by atoms with Gasteiger partial charge in [-0.3, -0.25) is 19.7 Å². The summed E-state index contributed by atoms with van der Waals surface area (Å²) in [5, 5.41) is 15.7. The molecular weight excluding hydrogens is 535 g/mol. The van der Waals surface area contributed by atoms with Crippen molar-refractivity contribution in [1.29, 1.82) is 0 Å². The fourth-order valence-corrected chi connectivity index (χ4v) is 3.88. The van der Waals surface area contributed by atoms with Crippen LogP contribution in [0.5, 0.6) is 11.5 Å². The van der Waals surface area contributed by atoms with E-state index >= 15 is 0 Å². The lowest BCUT2D eigenvalue weighted by Gasteiger charge is -2.14. The Labute approximate surface area is 225 Å². The van der Waals surface area contributed by atoms with E-state index in [2.05, 4.69) is 10.6 Å². The predicted octanol–water partition coefficient (Wildman–Crippen LogP) is 4.51. The second-order valence-corrected chi connectivity index (χ2v) is 8.56. The van der Waals surface area contributed by atoms with Crippen LogP contribution < -0.4 is 20.1 Å². The van der Waals surface area contributed by atoms with Crippen LogP contribution in [0, 0.1) is 15.9 Å². The van der Waals surface area contributed by atoms with Gasteiger partial charge in [0.05, 0.1) is 22.7 Å². The molecule has 1 heterocycles. The standard InChI is InChI=1S/C26H20ClFN4O7/c1-38-22-12-16(10-18(27)24(22)39-14-15-6-8-17(9-7-15)32(36)37)11-21-25(34)31(26(35)30-21)13-23(33)29-20-5-3-2-4-19(20)28/h2-12H,13-14H2,1H3,(H,29,33)(H,30,35)/b21-11+. The first-order valence-corrected chi connectivity index (χ1v) is 11.7. The van der Waals surface area contributed by atoms with Crippen LogP contribution in [-0.4, -0.2) is 41.3 Å². The number of imide groups is 1. The average Bonchev–Trinajstić information content (AvgIpc) is 3.16. The van der Waals surface area contributed by atoms with Crippen molar-refractivity contribution >= 4 is 46.9 Å². The number of hydrogen-bond donors (Lipinski definition) is 2. The lowest BCUT2D eigenvalue weighted by atomic mass is 10.1. The highest BCUT2D eigenvalue weighted by atomic mass is 35.5. The van der Waals surface area contributed by atoms with E-state index in [-0.39, 0.29) is 40.2 Å². The third kappa shape index (κ3) is 6.30. The monoisotopic (exact) mass is 554 g/mol. The Balaban J connectivity index is 1.46. The summed E-state index contributed by atoms with van der Waals surface area (Å²) in [7, 11) is 1.39. The second kappa shape index (κ2) is 11.6. The van der Waals surface area contributed by atoms with E-state index in [9.17, 15) is 28.9 Å². The molecule has 2 N–H and O–H groups in total. The van der Waals surface area contributed by atoms with Crippen LogP contribution in [0.3, 0.4) is 0 Å². The summed E-state index contributed by atoms with van der Waals surface area (Å²) in [6, 6.07) is 13.5. The summed E-state index contributed by atoms with van der Waals surface area (Å²) < 4.78 is 24.9. The fourth-order valence-electron chi connectivity index (χ4n) is 3.61. The van der Waals surface area contributed by atoms with E-state index in [1.54, 1.807) is 12.1 Å². The molecular formula is C26H20ClFN4O7. The molecule has 13 heteroatoms. The molecule has 0 unspecified atom stereocenters. The number of carbonyl (C=O) groups is 3. The minimum absolute atomic E-state index is 0.0486. The first-order valence-electron chi connectivity index (χ1n) is 11.3. The number of carbonyl (C=O) groups excluding carboxylic acids is 3. The SMILES string of the molecule is COc1cc(/C=C2/NC(=O)N(CC(=O)Nc3ccccc3F)C2=O)cc(Cl)c1OCc1ccc([N+](=O)[O-])cc1. The van der Waals surface area contributed by atoms with Gasteiger partial charge in [-0.2, -0.15) is 0 Å². The lowest BCUT2D eigenvalue weighted by molar-refractivity contribution is -0.384. The number of ether oxygens (including phenoxy) is 2. The summed E-state index contributed by atoms with van der Waals surface area (Å²) in [5.41, 5.74) is 0.799. The third-order valence-corrected chi connectivity index (χ3v) is 5.79. The molecule has 200 valence electrons. The molecule has 3 aromatic rings. The van der Waals surface area contributed by atoms with Crippen LogP contribution in [0.25, 0.3) is 6.08 Å². The van der Waals surface area contributed by atoms with Gasteiger partial charge >= 0.3 is 6.03 Å². The minimum atomic E-state index is -0.823. The number of non-ortho nitro benzene ring substituents is 1. The quantitative estimate of drug-likeness (QED) is 0.172. The van der Waals surface area contributed by atoms with Crippen molar-refractivity contribution in [1.82, 2.24) is 10.2 Å². The molecule has 0 aliphatic carbocycles. The molecule has 4 rings (SSSR count). The van der Waals surface area contributed by atoms with Gasteiger partial charge in [-0.05, 0) is 53.6 Å². The van der Waals surface area contributed by atoms with E-state index in [0.29, 0.717) is 16.0 Å². The maximum absolute atomic E-state index is 13.8. The Bertz CT molecular complexity index is 1490. The maximum Gasteiger partial charge on any atom is 0.329 e. The molecule has 4 amide bonds. The molecule has 0 radical (unpaired) electrons. The van der Waals surface area contributed by atoms with Crippen molar-refractivity contribution in [3.63, 3.8) is 0 Å². The van der Waals surface area contributed by atoms with Gasteiger partial charge in [0.25, 0.3) is 11.6 Å². The molecule has 0 atom stereocenters. The molecule has 11 nitrogen and oxygen atoms in total. The minimum Gasteiger partial charge on any atom is -0.493 e. The van der Waals surface area contributed by atoms with Crippen molar-refractivity contribution in [2.45, 2.75) is 6.61 Å². The van der Waals surface area contributed by atoms with Gasteiger partial charge < -0.3 is 20.1 Å². The van der Waals surface area contributed by atoms with E-state index < -0.39 is 35.1 Å². The van der Waals surface area contributed by atoms with Crippen molar-refractivity contribution in [3.8, 4) is 11.5 Å². The Kier molecular flexibility index (Phi) is 8.06. The normalized spacial score (nSPS) is 13.8. The molecule has 0 bridgehead atoms. The van der Waals surface area contributed by atoms with Crippen LogP contribution in [0.15, 0.2) is 66.4 Å². The number of rotatable bonds is 9. The predicted molar refractivity (Wildman–Crippen MR) is 139 cm³/mol. The Morgan fingerprint density at radius 3 is 2.56 bits per heavy atom. The third-order valence-electron chi connectivity index (χ3n) is 5.51. The number of nitro benzene ring substituents is 1. The summed E-state index contributed by atoms with van der Waals surface area (Å²) in [6.45, 7) is -0.581. The number of nitro groups is 1. The highest BCUT2D eigenvalue weighted by Crippen LogP contribution is 2.37. The first kappa shape index (κ1) is 27.1. The Morgan fingerprint density at radius 1 is 1.18 bits per heavy atom. The maximum atomic E-state index is 13.8. The molecule has 0 spiro atoms. The van der Waals surface area contributed by atoms with Gasteiger partial charge in [-0.1, -0.05) is 23.7 Å². The molecule has 1 saturated heterocycles. The summed E-state index contributed by atoms with van der Waals surface area (Å²) >= 11 is 6.39. The van der Waals surface area contributed by atoms with Crippen molar-refractivity contribution < 1.29 is 33.2 Å². The molecule has 1 aliphatic heterocycles. The number of amides is 4. The highest BCUT2D eigenvalue weighted by molar-refractivity contribution is 6.32. The molecule has 0 saturated carbocycles. The van der Waals surface area contributed by atoms with E-state index in [0.717, 1.165) is 6.07 Å². The van der Waals surface area contributed by atoms with Crippen LogP contribution in [-0.2, 0) is 16.2 Å². The van der Waals surface area contributed by atoms with E-state index in [1.165, 1.54) is 55.7 Å². The molecule has 0 aromatic heterocycles. The Morgan fingerprint density at radius 2 is 1.90 bits per heavy atom. The lowest BCUT2D eigenvalue weighted by Crippen LogP contribution is -2.38. The van der Waals surface area contributed by atoms with Crippen molar-refractivity contribution in [3.05, 3.63) is 98.4 Å². The van der Waals surface area contributed by atoms with Gasteiger partial charge in [0.2, 0.25) is 5.91 Å². The van der Waals surface area contributed by atoms with Gasteiger partial charge in [0.1, 0.15) is 24.7 Å². The second-order valence-electron chi connectivity index (χ2n) is 8.15. The number of nitrogens with one attached hydrogen (secondary N) is 2. The van der Waals surface area contributed by atoms with Crippen molar-refractivity contribution in [2.75, 3.05) is 19.0 Å². The molecule has 3 aromatic carbocycles. The number of urea groups is 1.